The number of anilines is 2. The Hall–Kier alpha value is -2.82. The van der Waals surface area contributed by atoms with Crippen LogP contribution in [0.3, 0.4) is 0 Å². The predicted molar refractivity (Wildman–Crippen MR) is 95.5 cm³/mol. The van der Waals surface area contributed by atoms with Crippen molar-refractivity contribution in [1.29, 1.82) is 0 Å². The lowest BCUT2D eigenvalue weighted by Gasteiger charge is -2.21. The Balaban J connectivity index is 2.00. The van der Waals surface area contributed by atoms with Gasteiger partial charge in [-0.15, -0.1) is 0 Å². The third-order valence-electron chi connectivity index (χ3n) is 3.00. The standard InChI is InChI=1S/C19H22N2O3/c1-13(22)20-15-7-9-16(10-8-15)21-18(23)14-5-11-17(12-6-14)24-19(2,3)4/h5-12H,1-4H3,(H,20,22)(H,21,23). The molecule has 0 atom stereocenters. The van der Waals surface area contributed by atoms with Crippen molar-refractivity contribution in [2.24, 2.45) is 0 Å². The molecule has 2 amide bonds. The molecule has 5 nitrogen and oxygen atoms in total. The molecular formula is C19H22N2O3. The fourth-order valence-electron chi connectivity index (χ4n) is 2.07. The number of hydrogen-bond donors (Lipinski definition) is 2. The highest BCUT2D eigenvalue weighted by Gasteiger charge is 2.12. The van der Waals surface area contributed by atoms with E-state index in [0.29, 0.717) is 16.9 Å². The highest BCUT2D eigenvalue weighted by atomic mass is 16.5. The number of amides is 2. The molecule has 0 heterocycles. The number of benzene rings is 2. The summed E-state index contributed by atoms with van der Waals surface area (Å²) >= 11 is 0. The number of nitrogens with one attached hydrogen (secondary N) is 2. The van der Waals surface area contributed by atoms with Crippen LogP contribution in [-0.4, -0.2) is 17.4 Å². The quantitative estimate of drug-likeness (QED) is 0.890. The lowest BCUT2D eigenvalue weighted by Crippen LogP contribution is -2.23. The van der Waals surface area contributed by atoms with Crippen molar-refractivity contribution in [3.63, 3.8) is 0 Å². The summed E-state index contributed by atoms with van der Waals surface area (Å²) in [5.41, 5.74) is 1.61. The topological polar surface area (TPSA) is 67.4 Å². The van der Waals surface area contributed by atoms with Crippen molar-refractivity contribution >= 4 is 23.2 Å². The lowest BCUT2D eigenvalue weighted by atomic mass is 10.1. The van der Waals surface area contributed by atoms with Crippen molar-refractivity contribution < 1.29 is 14.3 Å². The third kappa shape index (κ3) is 5.43. The molecule has 2 rings (SSSR count). The zero-order chi connectivity index (χ0) is 17.7. The number of carbonyl (C=O) groups excluding carboxylic acids is 2. The molecule has 0 aliphatic rings. The van der Waals surface area contributed by atoms with E-state index in [1.165, 1.54) is 6.92 Å². The first-order valence-corrected chi connectivity index (χ1v) is 7.71. The molecule has 0 unspecified atom stereocenters. The summed E-state index contributed by atoms with van der Waals surface area (Å²) in [6, 6.07) is 13.9. The van der Waals surface area contributed by atoms with Crippen LogP contribution in [0.2, 0.25) is 0 Å². The van der Waals surface area contributed by atoms with Crippen LogP contribution in [0.4, 0.5) is 11.4 Å². The molecule has 0 radical (unpaired) electrons. The molecule has 0 aliphatic heterocycles. The maximum absolute atomic E-state index is 12.3. The summed E-state index contributed by atoms with van der Waals surface area (Å²) in [4.78, 5) is 23.2. The van der Waals surface area contributed by atoms with Crippen LogP contribution in [0.15, 0.2) is 48.5 Å². The number of rotatable bonds is 4. The maximum Gasteiger partial charge on any atom is 0.255 e. The molecule has 0 aromatic heterocycles. The molecule has 2 aromatic rings. The zero-order valence-electron chi connectivity index (χ0n) is 14.3. The minimum Gasteiger partial charge on any atom is -0.488 e. The highest BCUT2D eigenvalue weighted by Crippen LogP contribution is 2.19. The second-order valence-electron chi connectivity index (χ2n) is 6.45. The van der Waals surface area contributed by atoms with E-state index >= 15 is 0 Å². The van der Waals surface area contributed by atoms with Crippen LogP contribution < -0.4 is 15.4 Å². The molecule has 2 N–H and O–H groups in total. The van der Waals surface area contributed by atoms with Crippen LogP contribution >= 0.6 is 0 Å². The molecule has 5 heteroatoms. The first kappa shape index (κ1) is 17.5. The average molecular weight is 326 g/mol. The van der Waals surface area contributed by atoms with Gasteiger partial charge in [0.2, 0.25) is 5.91 Å². The van der Waals surface area contributed by atoms with Crippen LogP contribution in [0.5, 0.6) is 5.75 Å². The van der Waals surface area contributed by atoms with Crippen molar-refractivity contribution in [2.75, 3.05) is 10.6 Å². The van der Waals surface area contributed by atoms with Gasteiger partial charge in [-0.25, -0.2) is 0 Å². The van der Waals surface area contributed by atoms with Gasteiger partial charge in [-0.05, 0) is 69.3 Å². The Morgan fingerprint density at radius 2 is 1.33 bits per heavy atom. The minimum atomic E-state index is -0.278. The van der Waals surface area contributed by atoms with Crippen molar-refractivity contribution in [1.82, 2.24) is 0 Å². The van der Waals surface area contributed by atoms with Gasteiger partial charge in [0.05, 0.1) is 0 Å². The molecule has 0 saturated carbocycles. The molecule has 0 fully saturated rings. The van der Waals surface area contributed by atoms with E-state index < -0.39 is 0 Å². The van der Waals surface area contributed by atoms with Crippen LogP contribution in [0.25, 0.3) is 0 Å². The Morgan fingerprint density at radius 3 is 1.79 bits per heavy atom. The largest absolute Gasteiger partial charge is 0.488 e. The molecule has 24 heavy (non-hydrogen) atoms. The third-order valence-corrected chi connectivity index (χ3v) is 3.00. The fourth-order valence-corrected chi connectivity index (χ4v) is 2.07. The maximum atomic E-state index is 12.3. The van der Waals surface area contributed by atoms with Crippen molar-refractivity contribution in [3.8, 4) is 5.75 Å². The van der Waals surface area contributed by atoms with E-state index in [-0.39, 0.29) is 17.4 Å². The summed E-state index contributed by atoms with van der Waals surface area (Å²) < 4.78 is 5.73. The van der Waals surface area contributed by atoms with E-state index in [1.54, 1.807) is 48.5 Å². The van der Waals surface area contributed by atoms with Crippen LogP contribution in [-0.2, 0) is 4.79 Å². The Labute approximate surface area is 142 Å². The number of hydrogen-bond acceptors (Lipinski definition) is 3. The minimum absolute atomic E-state index is 0.135. The van der Waals surface area contributed by atoms with Crippen LogP contribution in [0, 0.1) is 0 Å². The molecule has 0 aliphatic carbocycles. The van der Waals surface area contributed by atoms with Gasteiger partial charge in [0, 0.05) is 23.9 Å². The Kier molecular flexibility index (Phi) is 5.24. The van der Waals surface area contributed by atoms with Gasteiger partial charge in [-0.1, -0.05) is 0 Å². The van der Waals surface area contributed by atoms with E-state index in [1.807, 2.05) is 20.8 Å². The van der Waals surface area contributed by atoms with Crippen LogP contribution in [0.1, 0.15) is 38.1 Å². The zero-order valence-corrected chi connectivity index (χ0v) is 14.3. The van der Waals surface area contributed by atoms with E-state index in [9.17, 15) is 9.59 Å². The lowest BCUT2D eigenvalue weighted by molar-refractivity contribution is -0.114. The first-order valence-electron chi connectivity index (χ1n) is 7.71. The SMILES string of the molecule is CC(=O)Nc1ccc(NC(=O)c2ccc(OC(C)(C)C)cc2)cc1. The summed E-state index contributed by atoms with van der Waals surface area (Å²) in [6.45, 7) is 7.36. The van der Waals surface area contributed by atoms with Gasteiger partial charge in [0.25, 0.3) is 5.91 Å². The molecule has 0 saturated heterocycles. The molecule has 0 spiro atoms. The molecule has 2 aromatic carbocycles. The highest BCUT2D eigenvalue weighted by molar-refractivity contribution is 6.04. The van der Waals surface area contributed by atoms with Crippen molar-refractivity contribution in [3.05, 3.63) is 54.1 Å². The van der Waals surface area contributed by atoms with E-state index in [2.05, 4.69) is 10.6 Å². The summed E-state index contributed by atoms with van der Waals surface area (Å²) in [5.74, 6) is 0.382. The van der Waals surface area contributed by atoms with Gasteiger partial charge < -0.3 is 15.4 Å². The smallest absolute Gasteiger partial charge is 0.255 e. The normalized spacial score (nSPS) is 10.8. The van der Waals surface area contributed by atoms with Crippen molar-refractivity contribution in [2.45, 2.75) is 33.3 Å². The first-order chi connectivity index (χ1) is 11.2. The predicted octanol–water partition coefficient (Wildman–Crippen LogP) is 4.07. The second-order valence-corrected chi connectivity index (χ2v) is 6.45. The number of carbonyl (C=O) groups is 2. The second kappa shape index (κ2) is 7.17. The molecule has 126 valence electrons. The summed E-state index contributed by atoms with van der Waals surface area (Å²) in [7, 11) is 0. The Morgan fingerprint density at radius 1 is 0.833 bits per heavy atom. The van der Waals surface area contributed by atoms with E-state index in [0.717, 1.165) is 5.75 Å². The summed E-state index contributed by atoms with van der Waals surface area (Å²) in [5, 5.41) is 5.49. The monoisotopic (exact) mass is 326 g/mol. The average Bonchev–Trinajstić information content (AvgIpc) is 2.48. The van der Waals surface area contributed by atoms with Gasteiger partial charge in [-0.3, -0.25) is 9.59 Å². The number of ether oxygens (including phenoxy) is 1. The van der Waals surface area contributed by atoms with Gasteiger partial charge >= 0.3 is 0 Å². The van der Waals surface area contributed by atoms with Gasteiger partial charge in [0.15, 0.2) is 0 Å². The van der Waals surface area contributed by atoms with E-state index in [4.69, 9.17) is 4.74 Å². The molecule has 0 bridgehead atoms. The summed E-state index contributed by atoms with van der Waals surface area (Å²) in [6.07, 6.45) is 0. The van der Waals surface area contributed by atoms with Gasteiger partial charge in [0.1, 0.15) is 11.4 Å². The van der Waals surface area contributed by atoms with Gasteiger partial charge in [-0.2, -0.15) is 0 Å². The Bertz CT molecular complexity index is 714. The fraction of sp³-hybridized carbons (Fsp3) is 0.263. The molecular weight excluding hydrogens is 304 g/mol.